The monoisotopic (exact) mass is 281 g/mol. The molecule has 1 aromatic carbocycles. The van der Waals surface area contributed by atoms with Gasteiger partial charge in [0.2, 0.25) is 0 Å². The van der Waals surface area contributed by atoms with Gasteiger partial charge in [0, 0.05) is 19.7 Å². The first-order chi connectivity index (χ1) is 8.88. The summed E-state index contributed by atoms with van der Waals surface area (Å²) in [7, 11) is 1.48. The lowest BCUT2D eigenvalue weighted by Gasteiger charge is -2.18. The molecule has 0 heterocycles. The summed E-state index contributed by atoms with van der Waals surface area (Å²) in [6, 6.07) is 6.05. The van der Waals surface area contributed by atoms with E-state index in [2.05, 4.69) is 0 Å². The Morgan fingerprint density at radius 2 is 2.26 bits per heavy atom. The molecule has 0 saturated carbocycles. The molecule has 0 radical (unpaired) electrons. The molecule has 1 atom stereocenters. The Morgan fingerprint density at radius 3 is 2.79 bits per heavy atom. The number of nitrogens with zero attached hydrogens (tertiary/aromatic N) is 3. The van der Waals surface area contributed by atoms with Crippen molar-refractivity contribution >= 4 is 23.2 Å². The predicted octanol–water partition coefficient (Wildman–Crippen LogP) is 2.48. The van der Waals surface area contributed by atoms with Crippen LogP contribution in [0.2, 0.25) is 5.02 Å². The van der Waals surface area contributed by atoms with Gasteiger partial charge in [-0.15, -0.1) is 0 Å². The highest BCUT2D eigenvalue weighted by Crippen LogP contribution is 2.27. The second-order valence-electron chi connectivity index (χ2n) is 4.11. The first-order valence-corrected chi connectivity index (χ1v) is 5.84. The lowest BCUT2D eigenvalue weighted by Crippen LogP contribution is -2.31. The van der Waals surface area contributed by atoms with Gasteiger partial charge < -0.3 is 4.90 Å². The average Bonchev–Trinajstić information content (AvgIpc) is 2.37. The van der Waals surface area contributed by atoms with Crippen molar-refractivity contribution in [2.75, 3.05) is 13.6 Å². The summed E-state index contributed by atoms with van der Waals surface area (Å²) in [4.78, 5) is 23.7. The van der Waals surface area contributed by atoms with Gasteiger partial charge in [-0.2, -0.15) is 5.26 Å². The van der Waals surface area contributed by atoms with Crippen molar-refractivity contribution < 1.29 is 9.72 Å². The lowest BCUT2D eigenvalue weighted by molar-refractivity contribution is -0.385. The summed E-state index contributed by atoms with van der Waals surface area (Å²) in [6.45, 7) is 1.84. The van der Waals surface area contributed by atoms with Gasteiger partial charge in [0.15, 0.2) is 0 Å². The van der Waals surface area contributed by atoms with E-state index in [9.17, 15) is 14.9 Å². The number of nitro groups is 1. The zero-order valence-electron chi connectivity index (χ0n) is 10.5. The van der Waals surface area contributed by atoms with Gasteiger partial charge in [-0.1, -0.05) is 17.7 Å². The third-order valence-electron chi connectivity index (χ3n) is 2.52. The van der Waals surface area contributed by atoms with Crippen LogP contribution in [0, 0.1) is 27.4 Å². The Balaban J connectivity index is 3.13. The van der Waals surface area contributed by atoms with Gasteiger partial charge in [-0.3, -0.25) is 14.9 Å². The highest BCUT2D eigenvalue weighted by Gasteiger charge is 2.26. The van der Waals surface area contributed by atoms with E-state index >= 15 is 0 Å². The highest BCUT2D eigenvalue weighted by atomic mass is 35.5. The number of amides is 1. The van der Waals surface area contributed by atoms with E-state index in [1.165, 1.54) is 30.1 Å². The van der Waals surface area contributed by atoms with Crippen LogP contribution in [-0.4, -0.2) is 29.3 Å². The van der Waals surface area contributed by atoms with Crippen LogP contribution in [-0.2, 0) is 0 Å². The van der Waals surface area contributed by atoms with Gasteiger partial charge in [-0.25, -0.2) is 0 Å². The highest BCUT2D eigenvalue weighted by molar-refractivity contribution is 6.34. The zero-order chi connectivity index (χ0) is 14.6. The number of hydrogen-bond donors (Lipinski definition) is 0. The van der Waals surface area contributed by atoms with Crippen LogP contribution in [0.1, 0.15) is 17.3 Å². The maximum atomic E-state index is 12.2. The Morgan fingerprint density at radius 1 is 1.63 bits per heavy atom. The quantitative estimate of drug-likeness (QED) is 0.626. The van der Waals surface area contributed by atoms with Crippen molar-refractivity contribution in [1.29, 1.82) is 5.26 Å². The molecule has 0 aliphatic rings. The van der Waals surface area contributed by atoms with E-state index in [0.717, 1.165) is 0 Å². The minimum Gasteiger partial charge on any atom is -0.340 e. The summed E-state index contributed by atoms with van der Waals surface area (Å²) in [5.74, 6) is -0.935. The normalized spacial score (nSPS) is 11.5. The summed E-state index contributed by atoms with van der Waals surface area (Å²) in [5, 5.41) is 19.6. The molecule has 0 aromatic heterocycles. The molecular weight excluding hydrogens is 270 g/mol. The molecule has 0 N–H and O–H groups in total. The molecule has 1 unspecified atom stereocenters. The Kier molecular flexibility index (Phi) is 4.84. The number of carbonyl (C=O) groups excluding carboxylic acids is 1. The summed E-state index contributed by atoms with van der Waals surface area (Å²) in [6.07, 6.45) is 0. The van der Waals surface area contributed by atoms with Gasteiger partial charge in [0.1, 0.15) is 5.56 Å². The van der Waals surface area contributed by atoms with Crippen molar-refractivity contribution in [3.63, 3.8) is 0 Å². The fourth-order valence-corrected chi connectivity index (χ4v) is 1.85. The van der Waals surface area contributed by atoms with Crippen LogP contribution in [0.5, 0.6) is 0 Å². The molecule has 1 amide bonds. The molecule has 6 nitrogen and oxygen atoms in total. The van der Waals surface area contributed by atoms with Crippen molar-refractivity contribution in [3.05, 3.63) is 38.9 Å². The molecule has 7 heteroatoms. The van der Waals surface area contributed by atoms with Gasteiger partial charge in [0.05, 0.1) is 21.9 Å². The van der Waals surface area contributed by atoms with Gasteiger partial charge >= 0.3 is 0 Å². The molecule has 1 aromatic rings. The van der Waals surface area contributed by atoms with Crippen molar-refractivity contribution in [3.8, 4) is 6.07 Å². The number of rotatable bonds is 4. The smallest absolute Gasteiger partial charge is 0.283 e. The van der Waals surface area contributed by atoms with Crippen molar-refractivity contribution in [1.82, 2.24) is 4.90 Å². The minimum atomic E-state index is -0.652. The van der Waals surface area contributed by atoms with Crippen molar-refractivity contribution in [2.45, 2.75) is 6.92 Å². The summed E-state index contributed by atoms with van der Waals surface area (Å²) >= 11 is 5.87. The van der Waals surface area contributed by atoms with Crippen LogP contribution >= 0.6 is 11.6 Å². The van der Waals surface area contributed by atoms with Crippen molar-refractivity contribution in [2.24, 2.45) is 5.92 Å². The molecule has 1 rings (SSSR count). The molecule has 0 aliphatic heterocycles. The second-order valence-corrected chi connectivity index (χ2v) is 4.51. The molecular formula is C12H12ClN3O3. The van der Waals surface area contributed by atoms with E-state index in [-0.39, 0.29) is 28.7 Å². The second kappa shape index (κ2) is 6.16. The Bertz CT molecular complexity index is 554. The lowest BCUT2D eigenvalue weighted by atomic mass is 10.1. The van der Waals surface area contributed by atoms with Crippen LogP contribution in [0.25, 0.3) is 0 Å². The van der Waals surface area contributed by atoms with E-state index in [4.69, 9.17) is 16.9 Å². The Hall–Kier alpha value is -2.13. The van der Waals surface area contributed by atoms with Crippen LogP contribution < -0.4 is 0 Å². The standard InChI is InChI=1S/C12H12ClN3O3/c1-8(6-14)7-15(2)12(17)11-9(13)4-3-5-10(11)16(18)19/h3-5,8H,7H2,1-2H3. The molecule has 19 heavy (non-hydrogen) atoms. The minimum absolute atomic E-state index is 0.0238. The van der Waals surface area contributed by atoms with Gasteiger partial charge in [-0.05, 0) is 13.0 Å². The summed E-state index contributed by atoms with van der Waals surface area (Å²) in [5.41, 5.74) is -0.490. The fraction of sp³-hybridized carbons (Fsp3) is 0.333. The maximum absolute atomic E-state index is 12.2. The predicted molar refractivity (Wildman–Crippen MR) is 69.8 cm³/mol. The van der Waals surface area contributed by atoms with E-state index in [1.807, 2.05) is 6.07 Å². The third-order valence-corrected chi connectivity index (χ3v) is 2.83. The molecule has 0 fully saturated rings. The molecule has 0 bridgehead atoms. The first-order valence-electron chi connectivity index (χ1n) is 5.46. The summed E-state index contributed by atoms with van der Waals surface area (Å²) < 4.78 is 0. The number of nitro benzene ring substituents is 1. The van der Waals surface area contributed by atoms with Gasteiger partial charge in [0.25, 0.3) is 11.6 Å². The van der Waals surface area contributed by atoms with Crippen LogP contribution in [0.15, 0.2) is 18.2 Å². The van der Waals surface area contributed by atoms with E-state index < -0.39 is 10.8 Å². The number of hydrogen-bond acceptors (Lipinski definition) is 4. The number of benzene rings is 1. The number of carbonyl (C=O) groups is 1. The SMILES string of the molecule is CC(C#N)CN(C)C(=O)c1c(Cl)cccc1[N+](=O)[O-]. The van der Waals surface area contributed by atoms with E-state index in [0.29, 0.717) is 0 Å². The average molecular weight is 282 g/mol. The Labute approximate surface area is 115 Å². The maximum Gasteiger partial charge on any atom is 0.283 e. The first kappa shape index (κ1) is 14.9. The molecule has 100 valence electrons. The number of halogens is 1. The molecule has 0 saturated heterocycles. The van der Waals surface area contributed by atoms with E-state index in [1.54, 1.807) is 6.92 Å². The zero-order valence-corrected chi connectivity index (χ0v) is 11.2. The largest absolute Gasteiger partial charge is 0.340 e. The topological polar surface area (TPSA) is 87.2 Å². The van der Waals surface area contributed by atoms with Crippen LogP contribution in [0.4, 0.5) is 5.69 Å². The molecule has 0 spiro atoms. The fourth-order valence-electron chi connectivity index (χ4n) is 1.60. The number of nitriles is 1. The van der Waals surface area contributed by atoms with Crippen LogP contribution in [0.3, 0.4) is 0 Å². The molecule has 0 aliphatic carbocycles. The third kappa shape index (κ3) is 3.42.